The zero-order valence-corrected chi connectivity index (χ0v) is 9.41. The van der Waals surface area contributed by atoms with Gasteiger partial charge >= 0.3 is 0 Å². The van der Waals surface area contributed by atoms with Crippen LogP contribution in [-0.4, -0.2) is 10.1 Å². The summed E-state index contributed by atoms with van der Waals surface area (Å²) in [6.45, 7) is 1.76. The van der Waals surface area contributed by atoms with Crippen LogP contribution in [0.1, 0.15) is 29.6 Å². The fraction of sp³-hybridized carbons (Fsp3) is 0.273. The zero-order chi connectivity index (χ0) is 11.5. The van der Waals surface area contributed by atoms with Crippen LogP contribution in [0.4, 0.5) is 4.39 Å². The number of rotatable bonds is 3. The summed E-state index contributed by atoms with van der Waals surface area (Å²) in [6.07, 6.45) is 0.411. The first-order chi connectivity index (χ1) is 7.65. The molecule has 0 aliphatic rings. The van der Waals surface area contributed by atoms with E-state index in [-0.39, 0.29) is 11.2 Å². The minimum Gasteiger partial charge on any atom is -0.339 e. The number of aromatic nitrogens is 2. The maximum absolute atomic E-state index is 12.9. The van der Waals surface area contributed by atoms with Crippen molar-refractivity contribution in [3.63, 3.8) is 0 Å². The van der Waals surface area contributed by atoms with Crippen molar-refractivity contribution in [3.8, 4) is 0 Å². The van der Waals surface area contributed by atoms with Gasteiger partial charge in [0.05, 0.1) is 11.8 Å². The molecule has 2 rings (SSSR count). The first kappa shape index (κ1) is 11.1. The van der Waals surface area contributed by atoms with E-state index in [1.165, 1.54) is 12.1 Å². The predicted octanol–water partition coefficient (Wildman–Crippen LogP) is 3.10. The van der Waals surface area contributed by atoms with Crippen LogP contribution in [0.15, 0.2) is 28.8 Å². The molecular formula is C11H10ClFN2O. The second-order valence-corrected chi connectivity index (χ2v) is 4.12. The Morgan fingerprint density at radius 1 is 1.50 bits per heavy atom. The Morgan fingerprint density at radius 3 is 2.94 bits per heavy atom. The van der Waals surface area contributed by atoms with E-state index in [1.54, 1.807) is 19.1 Å². The van der Waals surface area contributed by atoms with Crippen LogP contribution in [0, 0.1) is 5.82 Å². The molecule has 0 bridgehead atoms. The van der Waals surface area contributed by atoms with Crippen LogP contribution >= 0.6 is 11.6 Å². The lowest BCUT2D eigenvalue weighted by Gasteiger charge is -1.96. The molecule has 16 heavy (non-hydrogen) atoms. The van der Waals surface area contributed by atoms with Gasteiger partial charge in [0.2, 0.25) is 5.89 Å². The van der Waals surface area contributed by atoms with E-state index in [9.17, 15) is 4.39 Å². The summed E-state index contributed by atoms with van der Waals surface area (Å²) in [5.74, 6) is 0.615. The average molecular weight is 241 g/mol. The van der Waals surface area contributed by atoms with Crippen LogP contribution in [0.2, 0.25) is 0 Å². The van der Waals surface area contributed by atoms with E-state index in [0.717, 1.165) is 5.56 Å². The van der Waals surface area contributed by atoms with E-state index in [0.29, 0.717) is 18.1 Å². The second-order valence-electron chi connectivity index (χ2n) is 3.47. The minimum atomic E-state index is -0.287. The SMILES string of the molecule is CC(Cl)c1noc(Cc2cccc(F)c2)n1. The second kappa shape index (κ2) is 4.61. The fourth-order valence-corrected chi connectivity index (χ4v) is 1.41. The summed E-state index contributed by atoms with van der Waals surface area (Å²) in [6, 6.07) is 6.28. The molecule has 1 aromatic heterocycles. The zero-order valence-electron chi connectivity index (χ0n) is 8.65. The van der Waals surface area contributed by atoms with Crippen LogP contribution < -0.4 is 0 Å². The molecule has 1 aromatic carbocycles. The van der Waals surface area contributed by atoms with Gasteiger partial charge in [0, 0.05) is 0 Å². The highest BCUT2D eigenvalue weighted by atomic mass is 35.5. The van der Waals surface area contributed by atoms with Crippen LogP contribution in [0.25, 0.3) is 0 Å². The largest absolute Gasteiger partial charge is 0.339 e. The average Bonchev–Trinajstić information content (AvgIpc) is 2.66. The molecule has 1 unspecified atom stereocenters. The minimum absolute atomic E-state index is 0.275. The van der Waals surface area contributed by atoms with E-state index in [1.807, 2.05) is 0 Å². The van der Waals surface area contributed by atoms with Crippen molar-refractivity contribution in [1.82, 2.24) is 10.1 Å². The first-order valence-electron chi connectivity index (χ1n) is 4.86. The third-order valence-electron chi connectivity index (χ3n) is 2.08. The van der Waals surface area contributed by atoms with E-state index in [4.69, 9.17) is 16.1 Å². The van der Waals surface area contributed by atoms with Gasteiger partial charge in [-0.3, -0.25) is 0 Å². The van der Waals surface area contributed by atoms with Crippen molar-refractivity contribution in [2.75, 3.05) is 0 Å². The molecule has 0 fully saturated rings. The van der Waals surface area contributed by atoms with Gasteiger partial charge < -0.3 is 4.52 Å². The third kappa shape index (κ3) is 2.58. The van der Waals surface area contributed by atoms with Gasteiger partial charge in [-0.2, -0.15) is 4.98 Å². The molecule has 0 saturated heterocycles. The van der Waals surface area contributed by atoms with Gasteiger partial charge in [0.15, 0.2) is 5.82 Å². The Bertz CT molecular complexity index is 484. The summed E-state index contributed by atoms with van der Waals surface area (Å²) in [5, 5.41) is 3.44. The molecule has 3 nitrogen and oxygen atoms in total. The van der Waals surface area contributed by atoms with Crippen molar-refractivity contribution >= 4 is 11.6 Å². The lowest BCUT2D eigenvalue weighted by Crippen LogP contribution is -1.91. The monoisotopic (exact) mass is 240 g/mol. The number of alkyl halides is 1. The Morgan fingerprint density at radius 2 is 2.31 bits per heavy atom. The number of halogens is 2. The van der Waals surface area contributed by atoms with Gasteiger partial charge in [-0.25, -0.2) is 4.39 Å². The molecule has 1 heterocycles. The molecular weight excluding hydrogens is 231 g/mol. The summed E-state index contributed by atoms with van der Waals surface area (Å²) in [7, 11) is 0. The van der Waals surface area contributed by atoms with Crippen molar-refractivity contribution in [3.05, 3.63) is 47.4 Å². The summed E-state index contributed by atoms with van der Waals surface area (Å²) < 4.78 is 17.9. The Hall–Kier alpha value is -1.42. The van der Waals surface area contributed by atoms with Gasteiger partial charge in [0.25, 0.3) is 0 Å². The van der Waals surface area contributed by atoms with E-state index in [2.05, 4.69) is 10.1 Å². The van der Waals surface area contributed by atoms with E-state index < -0.39 is 0 Å². The smallest absolute Gasteiger partial charge is 0.231 e. The predicted molar refractivity (Wildman–Crippen MR) is 57.8 cm³/mol. The standard InChI is InChI=1S/C11H10ClFN2O/c1-7(12)11-14-10(16-15-11)6-8-3-2-4-9(13)5-8/h2-5,7H,6H2,1H3. The highest BCUT2D eigenvalue weighted by molar-refractivity contribution is 6.20. The van der Waals surface area contributed by atoms with Crippen molar-refractivity contribution < 1.29 is 8.91 Å². The molecule has 5 heteroatoms. The highest BCUT2D eigenvalue weighted by Gasteiger charge is 2.11. The molecule has 0 aliphatic carbocycles. The van der Waals surface area contributed by atoms with Gasteiger partial charge in [-0.15, -0.1) is 11.6 Å². The maximum Gasteiger partial charge on any atom is 0.231 e. The molecule has 84 valence electrons. The first-order valence-corrected chi connectivity index (χ1v) is 5.30. The molecule has 1 atom stereocenters. The number of hydrogen-bond acceptors (Lipinski definition) is 3. The fourth-order valence-electron chi connectivity index (χ4n) is 1.32. The quantitative estimate of drug-likeness (QED) is 0.774. The Balaban J connectivity index is 2.14. The Labute approximate surface area is 97.2 Å². The molecule has 0 amide bonds. The third-order valence-corrected chi connectivity index (χ3v) is 2.28. The molecule has 0 N–H and O–H groups in total. The molecule has 0 saturated carbocycles. The lowest BCUT2D eigenvalue weighted by molar-refractivity contribution is 0.379. The molecule has 0 radical (unpaired) electrons. The summed E-state index contributed by atoms with van der Waals surface area (Å²) in [5.41, 5.74) is 0.789. The number of nitrogens with zero attached hydrogens (tertiary/aromatic N) is 2. The molecule has 2 aromatic rings. The van der Waals surface area contributed by atoms with E-state index >= 15 is 0 Å². The van der Waals surface area contributed by atoms with Gasteiger partial charge in [-0.05, 0) is 24.6 Å². The summed E-state index contributed by atoms with van der Waals surface area (Å²) in [4.78, 5) is 4.10. The maximum atomic E-state index is 12.9. The topological polar surface area (TPSA) is 38.9 Å². The van der Waals surface area contributed by atoms with Crippen LogP contribution in [0.5, 0.6) is 0 Å². The van der Waals surface area contributed by atoms with Gasteiger partial charge in [0.1, 0.15) is 5.82 Å². The molecule has 0 spiro atoms. The van der Waals surface area contributed by atoms with Crippen molar-refractivity contribution in [1.29, 1.82) is 0 Å². The lowest BCUT2D eigenvalue weighted by atomic mass is 10.1. The van der Waals surface area contributed by atoms with Crippen molar-refractivity contribution in [2.24, 2.45) is 0 Å². The number of hydrogen-bond donors (Lipinski definition) is 0. The van der Waals surface area contributed by atoms with Crippen LogP contribution in [0.3, 0.4) is 0 Å². The number of benzene rings is 1. The molecule has 0 aliphatic heterocycles. The highest BCUT2D eigenvalue weighted by Crippen LogP contribution is 2.16. The normalized spacial score (nSPS) is 12.7. The summed E-state index contributed by atoms with van der Waals surface area (Å²) >= 11 is 5.80. The van der Waals surface area contributed by atoms with Crippen LogP contribution in [-0.2, 0) is 6.42 Å². The Kier molecular flexibility index (Phi) is 3.19. The van der Waals surface area contributed by atoms with Crippen molar-refractivity contribution in [2.45, 2.75) is 18.7 Å². The van der Waals surface area contributed by atoms with Gasteiger partial charge in [-0.1, -0.05) is 17.3 Å².